The van der Waals surface area contributed by atoms with Crippen molar-refractivity contribution >= 4 is 62.7 Å². The highest BCUT2D eigenvalue weighted by Crippen LogP contribution is 2.35. The summed E-state index contributed by atoms with van der Waals surface area (Å²) in [5.41, 5.74) is 3.25. The highest BCUT2D eigenvalue weighted by atomic mass is 127. The third-order valence-corrected chi connectivity index (χ3v) is 7.80. The number of halogens is 4. The zero-order valence-electron chi connectivity index (χ0n) is 20.4. The highest BCUT2D eigenvalue weighted by molar-refractivity contribution is 14.2. The molecule has 1 atom stereocenters. The highest BCUT2D eigenvalue weighted by Gasteiger charge is 2.31. The van der Waals surface area contributed by atoms with Crippen LogP contribution in [0.2, 0.25) is 0 Å². The molecule has 0 fully saturated rings. The first-order valence-corrected chi connectivity index (χ1v) is 15.5. The van der Waals surface area contributed by atoms with Gasteiger partial charge in [0.15, 0.2) is 5.65 Å². The Bertz CT molecular complexity index is 1710. The molecule has 39 heavy (non-hydrogen) atoms. The summed E-state index contributed by atoms with van der Waals surface area (Å²) in [4.78, 5) is 34.7. The van der Waals surface area contributed by atoms with Crippen molar-refractivity contribution in [1.82, 2.24) is 29.3 Å². The molecule has 0 saturated carbocycles. The fourth-order valence-electron chi connectivity index (χ4n) is 3.84. The first-order chi connectivity index (χ1) is 18.6. The normalized spacial score (nSPS) is 11.8. The summed E-state index contributed by atoms with van der Waals surface area (Å²) in [6, 6.07) is 10.3. The van der Waals surface area contributed by atoms with Crippen molar-refractivity contribution in [2.24, 2.45) is 0 Å². The van der Waals surface area contributed by atoms with Crippen molar-refractivity contribution in [1.29, 1.82) is 0 Å². The molecule has 0 radical (unpaired) electrons. The number of aryl methyl sites for hydroxylation is 2. The van der Waals surface area contributed by atoms with Gasteiger partial charge in [-0.25, -0.2) is 19.9 Å². The average molecular weight is 662 g/mol. The first-order valence-electron chi connectivity index (χ1n) is 11.4. The van der Waals surface area contributed by atoms with Gasteiger partial charge in [-0.15, -0.1) is 0 Å². The number of fused-ring (bicyclic) bond motifs is 1. The Hall–Kier alpha value is -3.71. The molecule has 0 aliphatic heterocycles. The summed E-state index contributed by atoms with van der Waals surface area (Å²) in [7, 11) is 0. The minimum Gasteiger partial charge on any atom is -0.339 e. The fraction of sp³-hybridized carbons (Fsp3) is 0.120. The molecule has 0 aliphatic rings. The second kappa shape index (κ2) is 10.8. The number of carbonyl (C=O) groups is 1. The summed E-state index contributed by atoms with van der Waals surface area (Å²) in [5, 5.41) is 5.92. The molecule has 5 aromatic rings. The van der Waals surface area contributed by atoms with Crippen LogP contribution < -0.4 is 10.6 Å². The molecule has 14 heteroatoms. The predicted octanol–water partition coefficient (Wildman–Crippen LogP) is 6.71. The number of aromatic nitrogens is 6. The molecule has 4 heterocycles. The van der Waals surface area contributed by atoms with Gasteiger partial charge >= 0.3 is 6.18 Å². The summed E-state index contributed by atoms with van der Waals surface area (Å²) in [6.45, 7) is 3.69. The number of amides is 1. The molecule has 0 saturated heterocycles. The third kappa shape index (κ3) is 5.69. The number of nitrogens with one attached hydrogen (secondary N) is 2. The Morgan fingerprint density at radius 3 is 2.62 bits per heavy atom. The first kappa shape index (κ1) is 26.9. The fourth-order valence-corrected chi connectivity index (χ4v) is 5.24. The maximum Gasteiger partial charge on any atom is 0.416 e. The SMILES string of the molecule is Cc1nc(-c2cccnc2Nc2cc(NC(=O)c3cc(C(F)(F)F)ccn3)ccc2C)c2ncn(PI)c2n1. The van der Waals surface area contributed by atoms with Crippen LogP contribution in [-0.4, -0.2) is 35.2 Å². The van der Waals surface area contributed by atoms with Gasteiger partial charge in [-0.2, -0.15) is 13.2 Å². The summed E-state index contributed by atoms with van der Waals surface area (Å²) >= 11 is 2.26. The van der Waals surface area contributed by atoms with Crippen molar-refractivity contribution in [3.8, 4) is 11.3 Å². The van der Waals surface area contributed by atoms with Gasteiger partial charge in [-0.3, -0.25) is 14.1 Å². The van der Waals surface area contributed by atoms with Gasteiger partial charge in [-0.1, -0.05) is 6.07 Å². The van der Waals surface area contributed by atoms with Crippen LogP contribution in [0.4, 0.5) is 30.4 Å². The van der Waals surface area contributed by atoms with Crippen LogP contribution in [0, 0.1) is 13.8 Å². The van der Waals surface area contributed by atoms with Gasteiger partial charge in [0.05, 0.1) is 11.9 Å². The number of carbonyl (C=O) groups excluding carboxylic acids is 1. The average Bonchev–Trinajstić information content (AvgIpc) is 3.33. The zero-order chi connectivity index (χ0) is 27.7. The van der Waals surface area contributed by atoms with E-state index in [0.717, 1.165) is 23.5 Å². The van der Waals surface area contributed by atoms with E-state index in [-0.39, 0.29) is 5.69 Å². The molecule has 0 bridgehead atoms. The van der Waals surface area contributed by atoms with E-state index in [1.165, 1.54) is 0 Å². The zero-order valence-corrected chi connectivity index (χ0v) is 23.5. The minimum atomic E-state index is -4.58. The monoisotopic (exact) mass is 662 g/mol. The van der Waals surface area contributed by atoms with Crippen LogP contribution in [0.3, 0.4) is 0 Å². The van der Waals surface area contributed by atoms with Crippen molar-refractivity contribution in [2.45, 2.75) is 20.0 Å². The maximum absolute atomic E-state index is 13.1. The van der Waals surface area contributed by atoms with Crippen LogP contribution in [0.5, 0.6) is 0 Å². The largest absolute Gasteiger partial charge is 0.416 e. The molecule has 2 N–H and O–H groups in total. The Morgan fingerprint density at radius 2 is 1.85 bits per heavy atom. The summed E-state index contributed by atoms with van der Waals surface area (Å²) in [6.07, 6.45) is 0.166. The number of anilines is 3. The van der Waals surface area contributed by atoms with E-state index in [9.17, 15) is 18.0 Å². The van der Waals surface area contributed by atoms with Gasteiger partial charge in [-0.05, 0) is 77.9 Å². The number of nitrogens with zero attached hydrogens (tertiary/aromatic N) is 6. The van der Waals surface area contributed by atoms with Crippen molar-refractivity contribution in [3.05, 3.63) is 83.8 Å². The van der Waals surface area contributed by atoms with Crippen molar-refractivity contribution in [3.63, 3.8) is 0 Å². The van der Waals surface area contributed by atoms with Gasteiger partial charge in [0.25, 0.3) is 5.91 Å². The molecule has 1 unspecified atom stereocenters. The number of rotatable bonds is 6. The minimum absolute atomic E-state index is 0.346. The van der Waals surface area contributed by atoms with E-state index in [4.69, 9.17) is 0 Å². The van der Waals surface area contributed by atoms with Crippen LogP contribution in [-0.2, 0) is 6.18 Å². The van der Waals surface area contributed by atoms with Crippen LogP contribution >= 0.6 is 28.4 Å². The Labute approximate surface area is 235 Å². The van der Waals surface area contributed by atoms with Crippen LogP contribution in [0.25, 0.3) is 22.4 Å². The standard InChI is InChI=1S/C25H19F3IN8OP/c1-13-5-6-16(35-24(38)19-10-15(7-9-30-19)25(26,27)28)11-18(13)36-22-17(4-3-8-31-22)20-21-23(34-14(2)33-20)37(39-29)12-32-21/h3-12,39H,1-2H3,(H,31,36)(H,35,38). The van der Waals surface area contributed by atoms with Gasteiger partial charge < -0.3 is 10.6 Å². The number of imidazole rings is 1. The number of hydrogen-bond donors (Lipinski definition) is 2. The number of benzene rings is 1. The van der Waals surface area contributed by atoms with E-state index in [2.05, 4.69) is 57.6 Å². The van der Waals surface area contributed by atoms with Crippen molar-refractivity contribution < 1.29 is 18.0 Å². The Morgan fingerprint density at radius 1 is 1.03 bits per heavy atom. The molecular formula is C25H19F3IN8OP. The topological polar surface area (TPSA) is 111 Å². The van der Waals surface area contributed by atoms with Gasteiger partial charge in [0, 0.05) is 29.3 Å². The molecule has 1 amide bonds. The predicted molar refractivity (Wildman–Crippen MR) is 153 cm³/mol. The molecule has 9 nitrogen and oxygen atoms in total. The molecule has 0 aliphatic carbocycles. The Kier molecular flexibility index (Phi) is 7.45. The number of pyridine rings is 2. The lowest BCUT2D eigenvalue weighted by Gasteiger charge is -2.15. The summed E-state index contributed by atoms with van der Waals surface area (Å²) in [5.74, 6) is 0.335. The Balaban J connectivity index is 1.46. The lowest BCUT2D eigenvalue weighted by molar-refractivity contribution is -0.137. The molecule has 0 spiro atoms. The van der Waals surface area contributed by atoms with Crippen LogP contribution in [0.1, 0.15) is 27.4 Å². The lowest BCUT2D eigenvalue weighted by Crippen LogP contribution is -2.15. The number of hydrogen-bond acceptors (Lipinski definition) is 7. The van der Waals surface area contributed by atoms with Gasteiger partial charge in [0.1, 0.15) is 34.9 Å². The maximum atomic E-state index is 13.1. The smallest absolute Gasteiger partial charge is 0.339 e. The lowest BCUT2D eigenvalue weighted by atomic mass is 10.1. The van der Waals surface area contributed by atoms with Gasteiger partial charge in [0.2, 0.25) is 0 Å². The molecule has 1 aromatic carbocycles. The third-order valence-electron chi connectivity index (χ3n) is 5.73. The molecule has 4 aromatic heterocycles. The van der Waals surface area contributed by atoms with Crippen LogP contribution in [0.15, 0.2) is 61.2 Å². The van der Waals surface area contributed by atoms with E-state index < -0.39 is 17.6 Å². The summed E-state index contributed by atoms with van der Waals surface area (Å²) < 4.78 is 41.1. The van der Waals surface area contributed by atoms with Crippen molar-refractivity contribution in [2.75, 3.05) is 10.6 Å². The van der Waals surface area contributed by atoms with E-state index in [1.807, 2.05) is 24.3 Å². The quantitative estimate of drug-likeness (QED) is 0.154. The second-order valence-corrected chi connectivity index (χ2v) is 10.5. The van der Waals surface area contributed by atoms with E-state index in [0.29, 0.717) is 52.2 Å². The number of alkyl halides is 3. The van der Waals surface area contributed by atoms with E-state index in [1.54, 1.807) is 36.8 Å². The van der Waals surface area contributed by atoms with E-state index >= 15 is 0 Å². The molecule has 5 rings (SSSR count). The molecule has 198 valence electrons. The molecular weight excluding hydrogens is 643 g/mol. The second-order valence-electron chi connectivity index (χ2n) is 8.43.